The van der Waals surface area contributed by atoms with Crippen molar-refractivity contribution < 1.29 is 14.6 Å². The van der Waals surface area contributed by atoms with Crippen LogP contribution in [0.1, 0.15) is 27.6 Å². The number of anilines is 1. The van der Waals surface area contributed by atoms with Gasteiger partial charge in [-0.2, -0.15) is 0 Å². The summed E-state index contributed by atoms with van der Waals surface area (Å²) in [7, 11) is 5.37. The van der Waals surface area contributed by atoms with Gasteiger partial charge in [0.1, 0.15) is 12.4 Å². The molecule has 0 aliphatic rings. The molecule has 7 heteroatoms. The summed E-state index contributed by atoms with van der Waals surface area (Å²) >= 11 is 0. The van der Waals surface area contributed by atoms with Crippen LogP contribution >= 0.6 is 0 Å². The van der Waals surface area contributed by atoms with Crippen molar-refractivity contribution in [2.45, 2.75) is 12.7 Å². The van der Waals surface area contributed by atoms with Gasteiger partial charge in [-0.25, -0.2) is 9.97 Å². The molecule has 0 fully saturated rings. The van der Waals surface area contributed by atoms with Crippen LogP contribution in [-0.4, -0.2) is 53.6 Å². The van der Waals surface area contributed by atoms with Gasteiger partial charge in [0.2, 0.25) is 5.95 Å². The molecule has 4 rings (SSSR count). The zero-order chi connectivity index (χ0) is 25.5. The lowest BCUT2D eigenvalue weighted by Crippen LogP contribution is -2.32. The monoisotopic (exact) mass is 482 g/mol. The number of ether oxygens (including phenoxy) is 1. The quantitative estimate of drug-likeness (QED) is 0.376. The Morgan fingerprint density at radius 1 is 0.944 bits per heavy atom. The average molecular weight is 483 g/mol. The Morgan fingerprint density at radius 3 is 2.33 bits per heavy atom. The molecule has 1 amide bonds. The first-order chi connectivity index (χ1) is 17.4. The molecular formula is C29H30N4O3. The number of aliphatic hydroxyl groups is 1. The molecule has 0 saturated carbocycles. The molecule has 0 saturated heterocycles. The third kappa shape index (κ3) is 6.06. The van der Waals surface area contributed by atoms with E-state index in [2.05, 4.69) is 9.97 Å². The topological polar surface area (TPSA) is 78.8 Å². The van der Waals surface area contributed by atoms with Crippen LogP contribution < -0.4 is 9.64 Å². The maximum absolute atomic E-state index is 13.4. The molecule has 4 aromatic rings. The number of hydrogen-bond acceptors (Lipinski definition) is 6. The van der Waals surface area contributed by atoms with E-state index in [4.69, 9.17) is 4.74 Å². The van der Waals surface area contributed by atoms with Gasteiger partial charge >= 0.3 is 0 Å². The van der Waals surface area contributed by atoms with Crippen LogP contribution in [0.2, 0.25) is 0 Å². The second-order valence-corrected chi connectivity index (χ2v) is 8.74. The number of carbonyl (C=O) groups is 1. The Labute approximate surface area is 211 Å². The molecule has 1 unspecified atom stereocenters. The highest BCUT2D eigenvalue weighted by Crippen LogP contribution is 2.25. The molecular weight excluding hydrogens is 452 g/mol. The van der Waals surface area contributed by atoms with E-state index in [1.165, 1.54) is 4.90 Å². The first-order valence-corrected chi connectivity index (χ1v) is 11.7. The number of amides is 1. The number of nitrogens with zero attached hydrogens (tertiary/aromatic N) is 4. The fraction of sp³-hybridized carbons (Fsp3) is 0.207. The summed E-state index contributed by atoms with van der Waals surface area (Å²) in [6.07, 6.45) is 0.662. The van der Waals surface area contributed by atoms with E-state index in [1.54, 1.807) is 24.2 Å². The van der Waals surface area contributed by atoms with Gasteiger partial charge in [0.05, 0.1) is 23.9 Å². The van der Waals surface area contributed by atoms with E-state index in [0.29, 0.717) is 35.1 Å². The van der Waals surface area contributed by atoms with Crippen molar-refractivity contribution in [3.05, 3.63) is 108 Å². The van der Waals surface area contributed by atoms with Crippen molar-refractivity contribution in [2.24, 2.45) is 0 Å². The fourth-order valence-electron chi connectivity index (χ4n) is 3.77. The molecule has 0 radical (unpaired) electrons. The van der Waals surface area contributed by atoms with E-state index in [9.17, 15) is 9.90 Å². The van der Waals surface area contributed by atoms with Gasteiger partial charge in [-0.3, -0.25) is 4.79 Å². The number of likely N-dealkylation sites (N-methyl/N-ethyl adjacent to an activating group) is 1. The van der Waals surface area contributed by atoms with Crippen LogP contribution in [-0.2, 0) is 6.61 Å². The average Bonchev–Trinajstić information content (AvgIpc) is 2.92. The van der Waals surface area contributed by atoms with E-state index in [1.807, 2.05) is 93.0 Å². The zero-order valence-corrected chi connectivity index (χ0v) is 20.7. The lowest BCUT2D eigenvalue weighted by Gasteiger charge is -2.23. The molecule has 1 atom stereocenters. The van der Waals surface area contributed by atoms with Gasteiger partial charge in [0.15, 0.2) is 0 Å². The summed E-state index contributed by atoms with van der Waals surface area (Å²) in [5, 5.41) is 10.9. The Balaban J connectivity index is 1.49. The minimum Gasteiger partial charge on any atom is -0.489 e. The second-order valence-electron chi connectivity index (χ2n) is 8.74. The van der Waals surface area contributed by atoms with Gasteiger partial charge in [0.25, 0.3) is 5.91 Å². The van der Waals surface area contributed by atoms with Crippen LogP contribution in [0.15, 0.2) is 91.1 Å². The molecule has 3 aromatic carbocycles. The number of carbonyl (C=O) groups excluding carboxylic acids is 1. The standard InChI is InChI=1S/C29H30N4O3/c1-32(2)29-30-18-25(27(31-29)22-13-8-5-9-14-22)28(35)33(3)19-26(34)23-15-10-16-24(17-23)36-20-21-11-6-4-7-12-21/h4-18,26,34H,19-20H2,1-3H3. The fourth-order valence-corrected chi connectivity index (χ4v) is 3.77. The zero-order valence-electron chi connectivity index (χ0n) is 20.7. The van der Waals surface area contributed by atoms with Gasteiger partial charge < -0.3 is 19.6 Å². The van der Waals surface area contributed by atoms with Crippen molar-refractivity contribution in [1.29, 1.82) is 0 Å². The molecule has 0 aliphatic heterocycles. The van der Waals surface area contributed by atoms with E-state index in [0.717, 1.165) is 11.1 Å². The van der Waals surface area contributed by atoms with Crippen LogP contribution in [0.5, 0.6) is 5.75 Å². The molecule has 0 spiro atoms. The number of aromatic nitrogens is 2. The summed E-state index contributed by atoms with van der Waals surface area (Å²) in [5.41, 5.74) is 3.48. The summed E-state index contributed by atoms with van der Waals surface area (Å²) in [6.45, 7) is 0.536. The van der Waals surface area contributed by atoms with Crippen molar-refractivity contribution in [2.75, 3.05) is 32.6 Å². The normalized spacial score (nSPS) is 11.6. The van der Waals surface area contributed by atoms with Gasteiger partial charge in [-0.1, -0.05) is 72.8 Å². The highest BCUT2D eigenvalue weighted by molar-refractivity contribution is 5.99. The van der Waals surface area contributed by atoms with Gasteiger partial charge in [-0.15, -0.1) is 0 Å². The second kappa shape index (κ2) is 11.5. The summed E-state index contributed by atoms with van der Waals surface area (Å²) < 4.78 is 5.89. The lowest BCUT2D eigenvalue weighted by atomic mass is 10.1. The van der Waals surface area contributed by atoms with Crippen molar-refractivity contribution >= 4 is 11.9 Å². The maximum Gasteiger partial charge on any atom is 0.257 e. The van der Waals surface area contributed by atoms with Crippen molar-refractivity contribution in [1.82, 2.24) is 14.9 Å². The number of benzene rings is 3. The molecule has 1 aromatic heterocycles. The molecule has 1 heterocycles. The molecule has 0 bridgehead atoms. The first kappa shape index (κ1) is 24.9. The Morgan fingerprint density at radius 2 is 1.64 bits per heavy atom. The molecule has 7 nitrogen and oxygen atoms in total. The summed E-state index contributed by atoms with van der Waals surface area (Å²) in [5.74, 6) is 0.901. The minimum absolute atomic E-state index is 0.102. The largest absolute Gasteiger partial charge is 0.489 e. The van der Waals surface area contributed by atoms with Crippen LogP contribution in [0, 0.1) is 0 Å². The number of rotatable bonds is 9. The minimum atomic E-state index is -0.888. The number of hydrogen-bond donors (Lipinski definition) is 1. The Hall–Kier alpha value is -4.23. The van der Waals surface area contributed by atoms with Crippen molar-refractivity contribution in [3.8, 4) is 17.0 Å². The first-order valence-electron chi connectivity index (χ1n) is 11.7. The predicted molar refractivity (Wildman–Crippen MR) is 141 cm³/mol. The smallest absolute Gasteiger partial charge is 0.257 e. The third-order valence-corrected chi connectivity index (χ3v) is 5.74. The number of aliphatic hydroxyl groups excluding tert-OH is 1. The molecule has 184 valence electrons. The van der Waals surface area contributed by atoms with E-state index in [-0.39, 0.29) is 12.5 Å². The highest BCUT2D eigenvalue weighted by Gasteiger charge is 2.22. The van der Waals surface area contributed by atoms with Crippen LogP contribution in [0.3, 0.4) is 0 Å². The van der Waals surface area contributed by atoms with Gasteiger partial charge in [-0.05, 0) is 23.3 Å². The van der Waals surface area contributed by atoms with Crippen LogP contribution in [0.25, 0.3) is 11.3 Å². The molecule has 1 N–H and O–H groups in total. The predicted octanol–water partition coefficient (Wildman–Crippen LogP) is 4.59. The summed E-state index contributed by atoms with van der Waals surface area (Å²) in [4.78, 5) is 25.7. The van der Waals surface area contributed by atoms with E-state index < -0.39 is 6.10 Å². The Kier molecular flexibility index (Phi) is 7.92. The highest BCUT2D eigenvalue weighted by atomic mass is 16.5. The van der Waals surface area contributed by atoms with Crippen LogP contribution in [0.4, 0.5) is 5.95 Å². The SMILES string of the molecule is CN(CC(O)c1cccc(OCc2ccccc2)c1)C(=O)c1cnc(N(C)C)nc1-c1ccccc1. The lowest BCUT2D eigenvalue weighted by molar-refractivity contribution is 0.0680. The molecule has 0 aliphatic carbocycles. The van der Waals surface area contributed by atoms with Gasteiger partial charge in [0, 0.05) is 32.9 Å². The molecule has 36 heavy (non-hydrogen) atoms. The summed E-state index contributed by atoms with van der Waals surface area (Å²) in [6, 6.07) is 26.7. The van der Waals surface area contributed by atoms with E-state index >= 15 is 0 Å². The third-order valence-electron chi connectivity index (χ3n) is 5.74. The van der Waals surface area contributed by atoms with Crippen molar-refractivity contribution in [3.63, 3.8) is 0 Å². The Bertz CT molecular complexity index is 1300. The maximum atomic E-state index is 13.4.